The predicted molar refractivity (Wildman–Crippen MR) is 65.6 cm³/mol. The zero-order valence-corrected chi connectivity index (χ0v) is 11.0. The number of hydrogen-bond acceptors (Lipinski definition) is 4. The van der Waals surface area contributed by atoms with Crippen molar-refractivity contribution in [1.82, 2.24) is 15.8 Å². The van der Waals surface area contributed by atoms with Crippen molar-refractivity contribution in [3.8, 4) is 0 Å². The Kier molecular flexibility index (Phi) is 5.15. The molecule has 0 aliphatic carbocycles. The minimum absolute atomic E-state index is 0.00898. The summed E-state index contributed by atoms with van der Waals surface area (Å²) in [6.07, 6.45) is 1.01. The first kappa shape index (κ1) is 13.7. The fourth-order valence-corrected chi connectivity index (χ4v) is 1.42. The van der Waals surface area contributed by atoms with Gasteiger partial charge < -0.3 is 15.2 Å². The van der Waals surface area contributed by atoms with E-state index < -0.39 is 0 Å². The van der Waals surface area contributed by atoms with Crippen molar-refractivity contribution in [2.45, 2.75) is 46.7 Å². The molecule has 1 amide bonds. The molecule has 2 N–H and O–H groups in total. The molecular weight excluding hydrogens is 218 g/mol. The number of carbonyl (C=O) groups is 1. The van der Waals surface area contributed by atoms with Crippen LogP contribution in [0.1, 0.15) is 37.3 Å². The lowest BCUT2D eigenvalue weighted by Gasteiger charge is -2.11. The molecule has 0 saturated carbocycles. The Morgan fingerprint density at radius 3 is 2.71 bits per heavy atom. The molecule has 0 fully saturated rings. The van der Waals surface area contributed by atoms with E-state index >= 15 is 0 Å². The molecule has 0 bridgehead atoms. The first-order valence-corrected chi connectivity index (χ1v) is 5.96. The van der Waals surface area contributed by atoms with Gasteiger partial charge in [0.25, 0.3) is 0 Å². The topological polar surface area (TPSA) is 67.2 Å². The molecule has 0 saturated heterocycles. The zero-order chi connectivity index (χ0) is 12.8. The van der Waals surface area contributed by atoms with Crippen LogP contribution < -0.4 is 10.6 Å². The third-order valence-electron chi connectivity index (χ3n) is 2.87. The van der Waals surface area contributed by atoms with E-state index in [4.69, 9.17) is 4.52 Å². The maximum absolute atomic E-state index is 11.6. The zero-order valence-electron chi connectivity index (χ0n) is 11.0. The van der Waals surface area contributed by atoms with Gasteiger partial charge in [-0.15, -0.1) is 0 Å². The van der Waals surface area contributed by atoms with E-state index in [0.29, 0.717) is 19.1 Å². The molecule has 1 atom stereocenters. The third kappa shape index (κ3) is 4.19. The van der Waals surface area contributed by atoms with Crippen LogP contribution in [0, 0.1) is 13.8 Å². The van der Waals surface area contributed by atoms with Crippen LogP contribution >= 0.6 is 0 Å². The highest BCUT2D eigenvalue weighted by Crippen LogP contribution is 2.11. The number of rotatable bonds is 6. The maximum atomic E-state index is 11.6. The number of aromatic nitrogens is 1. The van der Waals surface area contributed by atoms with Crippen LogP contribution in [0.15, 0.2) is 4.52 Å². The first-order valence-electron chi connectivity index (χ1n) is 5.96. The maximum Gasteiger partial charge on any atom is 0.234 e. The van der Waals surface area contributed by atoms with Gasteiger partial charge in [-0.1, -0.05) is 12.1 Å². The minimum Gasteiger partial charge on any atom is -0.361 e. The molecule has 0 aromatic carbocycles. The van der Waals surface area contributed by atoms with E-state index in [1.165, 1.54) is 0 Å². The van der Waals surface area contributed by atoms with E-state index in [-0.39, 0.29) is 5.91 Å². The van der Waals surface area contributed by atoms with Crippen LogP contribution in [0.3, 0.4) is 0 Å². The number of nitrogens with zero attached hydrogens (tertiary/aromatic N) is 1. The first-order chi connectivity index (χ1) is 8.04. The standard InChI is InChI=1S/C12H21N3O2/c1-5-8(2)13-7-12(16)14-6-11-9(3)15-17-10(11)4/h8,13H,5-7H2,1-4H3,(H,14,16). The van der Waals surface area contributed by atoms with Crippen LogP contribution in [0.5, 0.6) is 0 Å². The average Bonchev–Trinajstić information content (AvgIpc) is 2.63. The second-order valence-corrected chi connectivity index (χ2v) is 4.27. The van der Waals surface area contributed by atoms with Gasteiger partial charge in [-0.2, -0.15) is 0 Å². The molecule has 0 spiro atoms. The number of carbonyl (C=O) groups excluding carboxylic acids is 1. The van der Waals surface area contributed by atoms with Gasteiger partial charge in [0.2, 0.25) is 5.91 Å². The van der Waals surface area contributed by atoms with Crippen molar-refractivity contribution < 1.29 is 9.32 Å². The molecule has 0 aliphatic rings. The van der Waals surface area contributed by atoms with Crippen LogP contribution in [0.2, 0.25) is 0 Å². The molecule has 5 heteroatoms. The van der Waals surface area contributed by atoms with Crippen molar-refractivity contribution in [3.63, 3.8) is 0 Å². The van der Waals surface area contributed by atoms with Gasteiger partial charge in [0.05, 0.1) is 12.2 Å². The molecular formula is C12H21N3O2. The smallest absolute Gasteiger partial charge is 0.234 e. The van der Waals surface area contributed by atoms with Crippen LogP contribution in [0.4, 0.5) is 0 Å². The summed E-state index contributed by atoms with van der Waals surface area (Å²) in [5.74, 6) is 0.753. The SMILES string of the molecule is CCC(C)NCC(=O)NCc1c(C)noc1C. The van der Waals surface area contributed by atoms with E-state index in [1.54, 1.807) is 0 Å². The third-order valence-corrected chi connectivity index (χ3v) is 2.87. The molecule has 0 aliphatic heterocycles. The summed E-state index contributed by atoms with van der Waals surface area (Å²) >= 11 is 0. The predicted octanol–water partition coefficient (Wildman–Crippen LogP) is 1.30. The Labute approximate surface area is 102 Å². The molecule has 17 heavy (non-hydrogen) atoms. The lowest BCUT2D eigenvalue weighted by molar-refractivity contribution is -0.120. The van der Waals surface area contributed by atoms with Gasteiger partial charge >= 0.3 is 0 Å². The molecule has 1 aromatic heterocycles. The molecule has 1 heterocycles. The summed E-state index contributed by atoms with van der Waals surface area (Å²) < 4.78 is 5.03. The summed E-state index contributed by atoms with van der Waals surface area (Å²) in [7, 11) is 0. The van der Waals surface area contributed by atoms with E-state index in [9.17, 15) is 4.79 Å². The van der Waals surface area contributed by atoms with Crippen molar-refractivity contribution in [1.29, 1.82) is 0 Å². The molecule has 5 nitrogen and oxygen atoms in total. The highest BCUT2D eigenvalue weighted by molar-refractivity contribution is 5.78. The van der Waals surface area contributed by atoms with Crippen molar-refractivity contribution in [2.24, 2.45) is 0 Å². The molecule has 96 valence electrons. The second-order valence-electron chi connectivity index (χ2n) is 4.27. The van der Waals surface area contributed by atoms with Crippen molar-refractivity contribution >= 4 is 5.91 Å². The lowest BCUT2D eigenvalue weighted by Crippen LogP contribution is -2.37. The number of hydrogen-bond donors (Lipinski definition) is 2. The quantitative estimate of drug-likeness (QED) is 0.785. The van der Waals surface area contributed by atoms with Crippen molar-refractivity contribution in [2.75, 3.05) is 6.54 Å². The van der Waals surface area contributed by atoms with E-state index in [0.717, 1.165) is 23.4 Å². The highest BCUT2D eigenvalue weighted by atomic mass is 16.5. The summed E-state index contributed by atoms with van der Waals surface area (Å²) in [5, 5.41) is 9.82. The van der Waals surface area contributed by atoms with Gasteiger partial charge in [0.15, 0.2) is 0 Å². The fourth-order valence-electron chi connectivity index (χ4n) is 1.42. The summed E-state index contributed by atoms with van der Waals surface area (Å²) in [4.78, 5) is 11.6. The highest BCUT2D eigenvalue weighted by Gasteiger charge is 2.10. The van der Waals surface area contributed by atoms with Crippen molar-refractivity contribution in [3.05, 3.63) is 17.0 Å². The summed E-state index contributed by atoms with van der Waals surface area (Å²) in [5.41, 5.74) is 1.79. The molecule has 1 aromatic rings. The fraction of sp³-hybridized carbons (Fsp3) is 0.667. The lowest BCUT2D eigenvalue weighted by atomic mass is 10.2. The van der Waals surface area contributed by atoms with E-state index in [2.05, 4.69) is 29.6 Å². The van der Waals surface area contributed by atoms with Gasteiger partial charge in [-0.25, -0.2) is 0 Å². The minimum atomic E-state index is -0.00898. The average molecular weight is 239 g/mol. The van der Waals surface area contributed by atoms with Crippen LogP contribution in [-0.4, -0.2) is 23.7 Å². The largest absolute Gasteiger partial charge is 0.361 e. The number of nitrogens with one attached hydrogen (secondary N) is 2. The Hall–Kier alpha value is -1.36. The van der Waals surface area contributed by atoms with Crippen LogP contribution in [0.25, 0.3) is 0 Å². The summed E-state index contributed by atoms with van der Waals surface area (Å²) in [6, 6.07) is 0.361. The molecule has 1 unspecified atom stereocenters. The molecule has 1 rings (SSSR count). The van der Waals surface area contributed by atoms with Gasteiger partial charge in [-0.3, -0.25) is 4.79 Å². The van der Waals surface area contributed by atoms with Gasteiger partial charge in [-0.05, 0) is 27.2 Å². The van der Waals surface area contributed by atoms with Gasteiger partial charge in [0.1, 0.15) is 5.76 Å². The Balaban J connectivity index is 2.33. The number of amides is 1. The van der Waals surface area contributed by atoms with Crippen LogP contribution in [-0.2, 0) is 11.3 Å². The Morgan fingerprint density at radius 1 is 1.47 bits per heavy atom. The van der Waals surface area contributed by atoms with E-state index in [1.807, 2.05) is 13.8 Å². The Morgan fingerprint density at radius 2 is 2.18 bits per heavy atom. The number of aryl methyl sites for hydroxylation is 2. The Bertz CT molecular complexity index is 354. The normalized spacial score (nSPS) is 12.5. The molecule has 0 radical (unpaired) electrons. The summed E-state index contributed by atoms with van der Waals surface area (Å²) in [6.45, 7) is 8.68. The monoisotopic (exact) mass is 239 g/mol. The second kappa shape index (κ2) is 6.39. The van der Waals surface area contributed by atoms with Gasteiger partial charge in [0, 0.05) is 18.2 Å².